The summed E-state index contributed by atoms with van der Waals surface area (Å²) >= 11 is 0. The number of hydrogen-bond acceptors (Lipinski definition) is 5. The maximum Gasteiger partial charge on any atom is 0.219 e. The highest BCUT2D eigenvalue weighted by Crippen LogP contribution is 2.47. The highest BCUT2D eigenvalue weighted by Gasteiger charge is 2.37. The van der Waals surface area contributed by atoms with Crippen LogP contribution in [0.3, 0.4) is 0 Å². The number of aldehydes is 1. The van der Waals surface area contributed by atoms with E-state index < -0.39 is 0 Å². The van der Waals surface area contributed by atoms with E-state index in [2.05, 4.69) is 30.0 Å². The molecule has 2 unspecified atom stereocenters. The number of carbonyl (C=O) groups is 2. The van der Waals surface area contributed by atoms with Crippen molar-refractivity contribution < 1.29 is 23.5 Å². The third-order valence-corrected chi connectivity index (χ3v) is 7.91. The van der Waals surface area contributed by atoms with Crippen LogP contribution in [-0.2, 0) is 16.0 Å². The predicted octanol–water partition coefficient (Wildman–Crippen LogP) is 4.48. The molecule has 2 saturated heterocycles. The van der Waals surface area contributed by atoms with Crippen LogP contribution in [-0.4, -0.2) is 68.0 Å². The van der Waals surface area contributed by atoms with Gasteiger partial charge in [-0.2, -0.15) is 0 Å². The minimum atomic E-state index is -0.255. The second kappa shape index (κ2) is 11.1. The Labute approximate surface area is 218 Å². The molecule has 5 rings (SSSR count). The van der Waals surface area contributed by atoms with Crippen LogP contribution in [0.25, 0.3) is 5.57 Å². The van der Waals surface area contributed by atoms with Gasteiger partial charge in [0.05, 0.1) is 6.67 Å². The number of ether oxygens (including phenoxy) is 2. The van der Waals surface area contributed by atoms with Crippen LogP contribution in [0.1, 0.15) is 43.1 Å². The fourth-order valence-corrected chi connectivity index (χ4v) is 5.80. The van der Waals surface area contributed by atoms with Crippen molar-refractivity contribution >= 4 is 17.8 Å². The average molecular weight is 507 g/mol. The van der Waals surface area contributed by atoms with Gasteiger partial charge in [0.25, 0.3) is 0 Å². The second-order valence-corrected chi connectivity index (χ2v) is 10.4. The van der Waals surface area contributed by atoms with Gasteiger partial charge in [0.1, 0.15) is 30.5 Å². The number of alkyl halides is 1. The van der Waals surface area contributed by atoms with Gasteiger partial charge >= 0.3 is 0 Å². The zero-order valence-electron chi connectivity index (χ0n) is 21.6. The quantitative estimate of drug-likeness (QED) is 0.470. The molecule has 2 aromatic carbocycles. The first-order chi connectivity index (χ1) is 18.0. The van der Waals surface area contributed by atoms with E-state index in [0.717, 1.165) is 72.6 Å². The lowest BCUT2D eigenvalue weighted by Crippen LogP contribution is -2.49. The molecule has 0 N–H and O–H groups in total. The highest BCUT2D eigenvalue weighted by atomic mass is 19.1. The maximum atomic E-state index is 12.6. The van der Waals surface area contributed by atoms with Gasteiger partial charge in [0.15, 0.2) is 0 Å². The summed E-state index contributed by atoms with van der Waals surface area (Å²) in [5.74, 6) is 2.10. The molecule has 0 aromatic heterocycles. The summed E-state index contributed by atoms with van der Waals surface area (Å²) in [4.78, 5) is 27.3. The molecule has 7 heteroatoms. The average Bonchev–Trinajstić information content (AvgIpc) is 3.36. The molecule has 2 fully saturated rings. The third kappa shape index (κ3) is 5.42. The van der Waals surface area contributed by atoms with E-state index in [9.17, 15) is 14.0 Å². The minimum Gasteiger partial charge on any atom is -0.492 e. The summed E-state index contributed by atoms with van der Waals surface area (Å²) in [5.41, 5.74) is 5.39. The normalized spacial score (nSPS) is 21.9. The summed E-state index contributed by atoms with van der Waals surface area (Å²) in [6.45, 7) is 7.94. The second-order valence-electron chi connectivity index (χ2n) is 10.4. The molecule has 0 aliphatic carbocycles. The molecule has 1 amide bonds. The minimum absolute atomic E-state index is 0.0997. The van der Waals surface area contributed by atoms with Crippen LogP contribution in [0.5, 0.6) is 11.5 Å². The number of benzene rings is 2. The van der Waals surface area contributed by atoms with Crippen molar-refractivity contribution in [2.45, 2.75) is 32.8 Å². The molecule has 3 aliphatic heterocycles. The molecule has 0 spiro atoms. The van der Waals surface area contributed by atoms with E-state index in [0.29, 0.717) is 19.6 Å². The first-order valence-corrected chi connectivity index (χ1v) is 13.2. The Kier molecular flexibility index (Phi) is 7.60. The van der Waals surface area contributed by atoms with E-state index in [1.807, 2.05) is 29.2 Å². The molecule has 2 aromatic rings. The number of allylic oxidation sites excluding steroid dienone is 1. The molecule has 0 saturated carbocycles. The van der Waals surface area contributed by atoms with Gasteiger partial charge in [-0.3, -0.25) is 14.1 Å². The number of rotatable bonds is 9. The summed E-state index contributed by atoms with van der Waals surface area (Å²) < 4.78 is 25.2. The Morgan fingerprint density at radius 1 is 1.16 bits per heavy atom. The van der Waals surface area contributed by atoms with Crippen molar-refractivity contribution in [1.29, 1.82) is 0 Å². The van der Waals surface area contributed by atoms with E-state index in [4.69, 9.17) is 9.47 Å². The summed E-state index contributed by atoms with van der Waals surface area (Å²) in [5, 5.41) is 0. The fraction of sp³-hybridized carbons (Fsp3) is 0.467. The van der Waals surface area contributed by atoms with Gasteiger partial charge in [0, 0.05) is 63.5 Å². The van der Waals surface area contributed by atoms with Crippen molar-refractivity contribution in [3.63, 3.8) is 0 Å². The van der Waals surface area contributed by atoms with Crippen LogP contribution >= 0.6 is 0 Å². The van der Waals surface area contributed by atoms with Crippen LogP contribution < -0.4 is 9.47 Å². The number of fused-ring (bicyclic) bond motifs is 1. The molecule has 0 bridgehead atoms. The highest BCUT2D eigenvalue weighted by molar-refractivity contribution is 5.77. The van der Waals surface area contributed by atoms with E-state index in [1.165, 1.54) is 5.57 Å². The Balaban J connectivity index is 1.36. The third-order valence-electron chi connectivity index (χ3n) is 7.91. The SMILES string of the molecule is CC(=O)N1CCC(C2=C(C)c3cc(CC=O)ccc3OC2c2ccc(OCCN3CC(CF)C3)cc2)C1. The smallest absolute Gasteiger partial charge is 0.219 e. The lowest BCUT2D eigenvalue weighted by atomic mass is 9.82. The number of halogens is 1. The van der Waals surface area contributed by atoms with Crippen LogP contribution in [0, 0.1) is 11.8 Å². The first kappa shape index (κ1) is 25.5. The molecule has 2 atom stereocenters. The zero-order chi connectivity index (χ0) is 25.9. The lowest BCUT2D eigenvalue weighted by Gasteiger charge is -2.37. The Morgan fingerprint density at radius 2 is 1.95 bits per heavy atom. The maximum absolute atomic E-state index is 12.6. The number of likely N-dealkylation sites (tertiary alicyclic amines) is 2. The van der Waals surface area contributed by atoms with Crippen molar-refractivity contribution in [3.8, 4) is 11.5 Å². The fourth-order valence-electron chi connectivity index (χ4n) is 5.80. The monoisotopic (exact) mass is 506 g/mol. The molecule has 0 radical (unpaired) electrons. The summed E-state index contributed by atoms with van der Waals surface area (Å²) in [6, 6.07) is 14.0. The van der Waals surface area contributed by atoms with E-state index >= 15 is 0 Å². The molecule has 3 heterocycles. The predicted molar refractivity (Wildman–Crippen MR) is 140 cm³/mol. The van der Waals surface area contributed by atoms with Gasteiger partial charge in [-0.1, -0.05) is 18.2 Å². The summed E-state index contributed by atoms with van der Waals surface area (Å²) in [6.07, 6.45) is 1.94. The zero-order valence-corrected chi connectivity index (χ0v) is 21.6. The van der Waals surface area contributed by atoms with Crippen molar-refractivity contribution in [2.75, 3.05) is 46.0 Å². The Morgan fingerprint density at radius 3 is 2.62 bits per heavy atom. The van der Waals surface area contributed by atoms with E-state index in [-0.39, 0.29) is 30.5 Å². The molecule has 3 aliphatic rings. The molecular weight excluding hydrogens is 471 g/mol. The van der Waals surface area contributed by atoms with Gasteiger partial charge in [0.2, 0.25) is 5.91 Å². The number of amides is 1. The largest absolute Gasteiger partial charge is 0.492 e. The topological polar surface area (TPSA) is 59.1 Å². The molecular formula is C30H35FN2O4. The van der Waals surface area contributed by atoms with Gasteiger partial charge < -0.3 is 19.2 Å². The van der Waals surface area contributed by atoms with Crippen molar-refractivity contribution in [2.24, 2.45) is 11.8 Å². The van der Waals surface area contributed by atoms with Crippen LogP contribution in [0.4, 0.5) is 4.39 Å². The number of hydrogen-bond donors (Lipinski definition) is 0. The number of nitrogens with zero attached hydrogens (tertiary/aromatic N) is 2. The van der Waals surface area contributed by atoms with Gasteiger partial charge in [-0.15, -0.1) is 0 Å². The lowest BCUT2D eigenvalue weighted by molar-refractivity contribution is -0.127. The Hall–Kier alpha value is -3.19. The first-order valence-electron chi connectivity index (χ1n) is 13.2. The van der Waals surface area contributed by atoms with Crippen LogP contribution in [0.2, 0.25) is 0 Å². The van der Waals surface area contributed by atoms with Crippen LogP contribution in [0.15, 0.2) is 48.0 Å². The molecule has 37 heavy (non-hydrogen) atoms. The Bertz CT molecular complexity index is 1170. The van der Waals surface area contributed by atoms with Crippen molar-refractivity contribution in [3.05, 3.63) is 64.7 Å². The van der Waals surface area contributed by atoms with E-state index in [1.54, 1.807) is 6.92 Å². The standard InChI is InChI=1S/C30H35FN2O4/c1-20-27-15-22(10-13-34)3-8-28(27)37-30(29(20)25-9-11-33(19-25)21(2)35)24-4-6-26(7-5-24)36-14-12-32-17-23(16-31)18-32/h3-8,13,15,23,25,30H,9-12,14,16-19H2,1-2H3. The van der Waals surface area contributed by atoms with Gasteiger partial charge in [-0.05, 0) is 59.9 Å². The number of carbonyl (C=O) groups excluding carboxylic acids is 2. The molecule has 6 nitrogen and oxygen atoms in total. The summed E-state index contributed by atoms with van der Waals surface area (Å²) in [7, 11) is 0. The van der Waals surface area contributed by atoms with Crippen molar-refractivity contribution in [1.82, 2.24) is 9.80 Å². The molecule has 196 valence electrons. The van der Waals surface area contributed by atoms with Gasteiger partial charge in [-0.25, -0.2) is 0 Å².